The Morgan fingerprint density at radius 3 is 2.58 bits per heavy atom. The fourth-order valence-corrected chi connectivity index (χ4v) is 2.42. The molecular formula is C16H17N3O5. The molecule has 8 nitrogen and oxygen atoms in total. The van der Waals surface area contributed by atoms with Crippen molar-refractivity contribution in [2.45, 2.75) is 20.8 Å². The highest BCUT2D eigenvalue weighted by atomic mass is 16.6. The summed E-state index contributed by atoms with van der Waals surface area (Å²) < 4.78 is 4.93. The molecule has 0 bridgehead atoms. The summed E-state index contributed by atoms with van der Waals surface area (Å²) in [4.78, 5) is 37.7. The van der Waals surface area contributed by atoms with Crippen LogP contribution < -0.4 is 5.32 Å². The number of aryl methyl sites for hydroxylation is 1. The summed E-state index contributed by atoms with van der Waals surface area (Å²) in [6.07, 6.45) is 0. The summed E-state index contributed by atoms with van der Waals surface area (Å²) in [5.74, 6) is -1.09. The van der Waals surface area contributed by atoms with Crippen LogP contribution in [0.3, 0.4) is 0 Å². The van der Waals surface area contributed by atoms with Crippen LogP contribution >= 0.6 is 0 Å². The Morgan fingerprint density at radius 2 is 1.96 bits per heavy atom. The number of hydrogen-bond acceptors (Lipinski definition) is 5. The molecule has 0 fully saturated rings. The van der Waals surface area contributed by atoms with Crippen LogP contribution in [0.4, 0.5) is 11.4 Å². The van der Waals surface area contributed by atoms with Crippen LogP contribution in [-0.2, 0) is 4.74 Å². The van der Waals surface area contributed by atoms with Gasteiger partial charge in [-0.25, -0.2) is 4.79 Å². The molecule has 126 valence electrons. The Balaban J connectivity index is 2.35. The molecule has 2 N–H and O–H groups in total. The van der Waals surface area contributed by atoms with Gasteiger partial charge < -0.3 is 15.0 Å². The molecule has 0 saturated heterocycles. The number of anilines is 1. The number of esters is 1. The van der Waals surface area contributed by atoms with Gasteiger partial charge in [-0.2, -0.15) is 0 Å². The van der Waals surface area contributed by atoms with Gasteiger partial charge in [0.2, 0.25) is 0 Å². The Morgan fingerprint density at radius 1 is 1.29 bits per heavy atom. The summed E-state index contributed by atoms with van der Waals surface area (Å²) in [5, 5.41) is 13.5. The molecule has 1 heterocycles. The smallest absolute Gasteiger partial charge is 0.355 e. The average molecular weight is 331 g/mol. The normalized spacial score (nSPS) is 10.3. The van der Waals surface area contributed by atoms with E-state index < -0.39 is 16.8 Å². The van der Waals surface area contributed by atoms with Gasteiger partial charge in [0.1, 0.15) is 11.4 Å². The van der Waals surface area contributed by atoms with Crippen LogP contribution in [0.2, 0.25) is 0 Å². The third-order valence-electron chi connectivity index (χ3n) is 3.49. The largest absolute Gasteiger partial charge is 0.461 e. The molecule has 1 amide bonds. The minimum absolute atomic E-state index is 0.0881. The second kappa shape index (κ2) is 6.95. The first kappa shape index (κ1) is 17.2. The number of para-hydroxylation sites is 2. The van der Waals surface area contributed by atoms with E-state index in [1.165, 1.54) is 18.2 Å². The molecule has 2 aromatic rings. The van der Waals surface area contributed by atoms with Gasteiger partial charge in [-0.05, 0) is 32.4 Å². The molecule has 0 unspecified atom stereocenters. The number of aromatic nitrogens is 1. The number of carbonyl (C=O) groups excluding carboxylic acids is 2. The van der Waals surface area contributed by atoms with E-state index in [0.717, 1.165) is 0 Å². The van der Waals surface area contributed by atoms with E-state index in [1.54, 1.807) is 26.8 Å². The first-order valence-corrected chi connectivity index (χ1v) is 7.27. The minimum atomic E-state index is -0.573. The number of nitrogens with one attached hydrogen (secondary N) is 2. The maximum absolute atomic E-state index is 12.5. The molecule has 0 aliphatic heterocycles. The van der Waals surface area contributed by atoms with Crippen LogP contribution in [-0.4, -0.2) is 28.4 Å². The first-order valence-electron chi connectivity index (χ1n) is 7.27. The standard InChI is InChI=1S/C16H17N3O5/c1-4-24-16(21)14-9(2)13(10(3)17-14)15(20)18-11-7-5-6-8-12(11)19(22)23/h5-8,17H,4H2,1-3H3,(H,18,20). The van der Waals surface area contributed by atoms with E-state index in [2.05, 4.69) is 10.3 Å². The molecule has 8 heteroatoms. The Bertz CT molecular complexity index is 810. The third kappa shape index (κ3) is 3.27. The van der Waals surface area contributed by atoms with E-state index in [-0.39, 0.29) is 29.2 Å². The van der Waals surface area contributed by atoms with Crippen molar-refractivity contribution in [1.29, 1.82) is 0 Å². The summed E-state index contributed by atoms with van der Waals surface area (Å²) in [6.45, 7) is 5.16. The fraction of sp³-hybridized carbons (Fsp3) is 0.250. The van der Waals surface area contributed by atoms with E-state index in [4.69, 9.17) is 4.74 Å². The van der Waals surface area contributed by atoms with E-state index in [1.807, 2.05) is 0 Å². The number of aromatic amines is 1. The SMILES string of the molecule is CCOC(=O)c1[nH]c(C)c(C(=O)Nc2ccccc2[N+](=O)[O-])c1C. The average Bonchev–Trinajstić information content (AvgIpc) is 2.82. The molecule has 0 radical (unpaired) electrons. The number of nitro groups is 1. The highest BCUT2D eigenvalue weighted by Crippen LogP contribution is 2.26. The maximum atomic E-state index is 12.5. The number of nitro benzene ring substituents is 1. The monoisotopic (exact) mass is 331 g/mol. The van der Waals surface area contributed by atoms with Crippen molar-refractivity contribution < 1.29 is 19.2 Å². The fourth-order valence-electron chi connectivity index (χ4n) is 2.42. The highest BCUT2D eigenvalue weighted by Gasteiger charge is 2.24. The zero-order chi connectivity index (χ0) is 17.9. The summed E-state index contributed by atoms with van der Waals surface area (Å²) >= 11 is 0. The van der Waals surface area contributed by atoms with Crippen molar-refractivity contribution in [2.24, 2.45) is 0 Å². The minimum Gasteiger partial charge on any atom is -0.461 e. The number of hydrogen-bond donors (Lipinski definition) is 2. The van der Waals surface area contributed by atoms with Gasteiger partial charge in [-0.15, -0.1) is 0 Å². The lowest BCUT2D eigenvalue weighted by Gasteiger charge is -2.06. The van der Waals surface area contributed by atoms with Crippen LogP contribution in [0, 0.1) is 24.0 Å². The van der Waals surface area contributed by atoms with Gasteiger partial charge in [0.15, 0.2) is 0 Å². The van der Waals surface area contributed by atoms with Crippen molar-refractivity contribution in [3.8, 4) is 0 Å². The van der Waals surface area contributed by atoms with Gasteiger partial charge in [0, 0.05) is 11.8 Å². The van der Waals surface area contributed by atoms with Gasteiger partial charge in [-0.1, -0.05) is 12.1 Å². The molecular weight excluding hydrogens is 314 g/mol. The second-order valence-corrected chi connectivity index (χ2v) is 5.07. The van der Waals surface area contributed by atoms with Gasteiger partial charge in [-0.3, -0.25) is 14.9 Å². The predicted molar refractivity (Wildman–Crippen MR) is 87.3 cm³/mol. The molecule has 0 saturated carbocycles. The van der Waals surface area contributed by atoms with Crippen LogP contribution in [0.1, 0.15) is 39.0 Å². The van der Waals surface area contributed by atoms with Crippen molar-refractivity contribution >= 4 is 23.3 Å². The quantitative estimate of drug-likeness (QED) is 0.496. The van der Waals surface area contributed by atoms with Gasteiger partial charge in [0.25, 0.3) is 11.6 Å². The lowest BCUT2D eigenvalue weighted by atomic mass is 10.1. The van der Waals surface area contributed by atoms with Crippen LogP contribution in [0.5, 0.6) is 0 Å². The Labute approximate surface area is 138 Å². The molecule has 1 aromatic carbocycles. The highest BCUT2D eigenvalue weighted by molar-refractivity contribution is 6.09. The predicted octanol–water partition coefficient (Wildman–Crippen LogP) is 2.97. The molecule has 0 atom stereocenters. The van der Waals surface area contributed by atoms with Crippen molar-refractivity contribution in [1.82, 2.24) is 4.98 Å². The number of amides is 1. The maximum Gasteiger partial charge on any atom is 0.355 e. The number of ether oxygens (including phenoxy) is 1. The zero-order valence-corrected chi connectivity index (χ0v) is 13.5. The second-order valence-electron chi connectivity index (χ2n) is 5.07. The molecule has 0 spiro atoms. The Hall–Kier alpha value is -3.16. The van der Waals surface area contributed by atoms with E-state index in [9.17, 15) is 19.7 Å². The van der Waals surface area contributed by atoms with Crippen molar-refractivity contribution in [3.05, 3.63) is 56.9 Å². The van der Waals surface area contributed by atoms with E-state index >= 15 is 0 Å². The number of H-pyrrole nitrogens is 1. The molecule has 0 aliphatic rings. The van der Waals surface area contributed by atoms with Gasteiger partial charge >= 0.3 is 5.97 Å². The number of benzene rings is 1. The molecule has 2 rings (SSSR count). The molecule has 1 aromatic heterocycles. The number of carbonyl (C=O) groups is 2. The van der Waals surface area contributed by atoms with Gasteiger partial charge in [0.05, 0.1) is 17.1 Å². The van der Waals surface area contributed by atoms with Crippen LogP contribution in [0.15, 0.2) is 24.3 Å². The zero-order valence-electron chi connectivity index (χ0n) is 13.5. The Kier molecular flexibility index (Phi) is 4.98. The van der Waals surface area contributed by atoms with Crippen molar-refractivity contribution in [3.63, 3.8) is 0 Å². The summed E-state index contributed by atoms with van der Waals surface area (Å²) in [6, 6.07) is 5.85. The first-order chi connectivity index (χ1) is 11.4. The lowest BCUT2D eigenvalue weighted by molar-refractivity contribution is -0.383. The third-order valence-corrected chi connectivity index (χ3v) is 3.49. The lowest BCUT2D eigenvalue weighted by Crippen LogP contribution is -2.15. The number of nitrogens with zero attached hydrogens (tertiary/aromatic N) is 1. The number of rotatable bonds is 5. The topological polar surface area (TPSA) is 114 Å². The summed E-state index contributed by atoms with van der Waals surface area (Å²) in [7, 11) is 0. The van der Waals surface area contributed by atoms with Crippen molar-refractivity contribution in [2.75, 3.05) is 11.9 Å². The van der Waals surface area contributed by atoms with E-state index in [0.29, 0.717) is 11.3 Å². The van der Waals surface area contributed by atoms with Crippen LogP contribution in [0.25, 0.3) is 0 Å². The summed E-state index contributed by atoms with van der Waals surface area (Å²) in [5.41, 5.74) is 1.25. The molecule has 0 aliphatic carbocycles. The molecule has 24 heavy (non-hydrogen) atoms.